The van der Waals surface area contributed by atoms with Crippen molar-refractivity contribution in [3.05, 3.63) is 106 Å². The van der Waals surface area contributed by atoms with Gasteiger partial charge in [0.15, 0.2) is 5.78 Å². The summed E-state index contributed by atoms with van der Waals surface area (Å²) < 4.78 is 9.71. The van der Waals surface area contributed by atoms with Crippen LogP contribution in [-0.2, 0) is 21.8 Å². The van der Waals surface area contributed by atoms with Gasteiger partial charge in [0.05, 0.1) is 30.9 Å². The molecule has 34 heavy (non-hydrogen) atoms. The molecule has 1 aromatic heterocycles. The lowest BCUT2D eigenvalue weighted by atomic mass is 9.96. The predicted molar refractivity (Wildman–Crippen MR) is 130 cm³/mol. The van der Waals surface area contributed by atoms with Gasteiger partial charge in [0, 0.05) is 28.6 Å². The Hall–Kier alpha value is -3.90. The molecule has 0 bridgehead atoms. The standard InChI is InChI=1S/C27H22ClNO5/c1-33-26(31)20-11-12-21(27(32)34-2)24-23(20)22(15-29-24)25(30)19-9-7-17(8-10-19)13-16-3-5-18(14-28)6-4-16/h3-12,15,29H,13-14H2,1-2H3. The molecule has 4 rings (SSSR count). The van der Waals surface area contributed by atoms with Crippen molar-refractivity contribution in [2.45, 2.75) is 12.3 Å². The van der Waals surface area contributed by atoms with Gasteiger partial charge in [-0.05, 0) is 35.2 Å². The van der Waals surface area contributed by atoms with E-state index in [0.717, 1.165) is 23.1 Å². The van der Waals surface area contributed by atoms with Crippen molar-refractivity contribution in [2.24, 2.45) is 0 Å². The third-order valence-corrected chi connectivity index (χ3v) is 6.00. The van der Waals surface area contributed by atoms with Gasteiger partial charge in [-0.1, -0.05) is 48.5 Å². The number of carbonyl (C=O) groups is 3. The van der Waals surface area contributed by atoms with E-state index in [9.17, 15) is 14.4 Å². The molecule has 1 heterocycles. The van der Waals surface area contributed by atoms with Crippen molar-refractivity contribution in [2.75, 3.05) is 14.2 Å². The van der Waals surface area contributed by atoms with Crippen LogP contribution in [0.3, 0.4) is 0 Å². The number of ketones is 1. The lowest BCUT2D eigenvalue weighted by molar-refractivity contribution is 0.0590. The predicted octanol–water partition coefficient (Wildman–Crippen LogP) is 5.30. The number of alkyl halides is 1. The number of fused-ring (bicyclic) bond motifs is 1. The molecule has 0 saturated heterocycles. The van der Waals surface area contributed by atoms with Crippen molar-refractivity contribution >= 4 is 40.2 Å². The van der Waals surface area contributed by atoms with Crippen LogP contribution in [0, 0.1) is 0 Å². The number of hydrogen-bond donors (Lipinski definition) is 1. The summed E-state index contributed by atoms with van der Waals surface area (Å²) in [6, 6.07) is 18.3. The number of aromatic amines is 1. The van der Waals surface area contributed by atoms with Crippen LogP contribution in [0.5, 0.6) is 0 Å². The zero-order valence-corrected chi connectivity index (χ0v) is 19.4. The summed E-state index contributed by atoms with van der Waals surface area (Å²) in [4.78, 5) is 40.9. The van der Waals surface area contributed by atoms with Crippen LogP contribution in [0.4, 0.5) is 0 Å². The first-order valence-corrected chi connectivity index (χ1v) is 11.1. The van der Waals surface area contributed by atoms with E-state index in [2.05, 4.69) is 4.98 Å². The molecule has 7 heteroatoms. The molecular weight excluding hydrogens is 454 g/mol. The molecule has 0 atom stereocenters. The Morgan fingerprint density at radius 2 is 1.26 bits per heavy atom. The summed E-state index contributed by atoms with van der Waals surface area (Å²) in [5, 5.41) is 0.322. The van der Waals surface area contributed by atoms with Gasteiger partial charge >= 0.3 is 11.9 Å². The van der Waals surface area contributed by atoms with E-state index >= 15 is 0 Å². The molecule has 1 N–H and O–H groups in total. The summed E-state index contributed by atoms with van der Waals surface area (Å²) in [6.45, 7) is 0. The molecule has 4 aromatic rings. The van der Waals surface area contributed by atoms with E-state index in [-0.39, 0.29) is 22.5 Å². The van der Waals surface area contributed by atoms with E-state index in [4.69, 9.17) is 21.1 Å². The molecule has 0 aliphatic carbocycles. The number of esters is 2. The molecular formula is C27H22ClNO5. The molecule has 0 aliphatic rings. The molecule has 172 valence electrons. The summed E-state index contributed by atoms with van der Waals surface area (Å²) in [5.74, 6) is -0.989. The minimum Gasteiger partial charge on any atom is -0.465 e. The molecule has 0 amide bonds. The average molecular weight is 476 g/mol. The van der Waals surface area contributed by atoms with Crippen LogP contribution in [0.1, 0.15) is 53.3 Å². The maximum atomic E-state index is 13.4. The van der Waals surface area contributed by atoms with Gasteiger partial charge in [-0.25, -0.2) is 9.59 Å². The molecule has 0 aliphatic heterocycles. The number of benzene rings is 3. The summed E-state index contributed by atoms with van der Waals surface area (Å²) >= 11 is 5.85. The quantitative estimate of drug-likeness (QED) is 0.222. The topological polar surface area (TPSA) is 85.5 Å². The second-order valence-electron chi connectivity index (χ2n) is 7.75. The van der Waals surface area contributed by atoms with Gasteiger partial charge in [0.1, 0.15) is 0 Å². The summed E-state index contributed by atoms with van der Waals surface area (Å²) in [6.07, 6.45) is 2.22. The number of nitrogens with one attached hydrogen (secondary N) is 1. The lowest BCUT2D eigenvalue weighted by Gasteiger charge is -2.08. The summed E-state index contributed by atoms with van der Waals surface area (Å²) in [7, 11) is 2.53. The Balaban J connectivity index is 1.68. The highest BCUT2D eigenvalue weighted by Crippen LogP contribution is 2.29. The van der Waals surface area contributed by atoms with Gasteiger partial charge in [-0.3, -0.25) is 4.79 Å². The number of methoxy groups -OCH3 is 2. The first-order chi connectivity index (χ1) is 16.5. The highest BCUT2D eigenvalue weighted by Gasteiger charge is 2.24. The Bertz CT molecular complexity index is 1370. The number of aromatic nitrogens is 1. The Morgan fingerprint density at radius 1 is 0.735 bits per heavy atom. The number of rotatable bonds is 7. The van der Waals surface area contributed by atoms with Crippen LogP contribution in [0.2, 0.25) is 0 Å². The molecule has 0 saturated carbocycles. The number of halogens is 1. The van der Waals surface area contributed by atoms with Crippen molar-refractivity contribution in [1.82, 2.24) is 4.98 Å². The average Bonchev–Trinajstić information content (AvgIpc) is 3.33. The maximum absolute atomic E-state index is 13.4. The normalized spacial score (nSPS) is 10.8. The second-order valence-corrected chi connectivity index (χ2v) is 8.02. The zero-order chi connectivity index (χ0) is 24.2. The third kappa shape index (κ3) is 4.45. The molecule has 0 spiro atoms. The van der Waals surface area contributed by atoms with Gasteiger partial charge in [-0.2, -0.15) is 0 Å². The number of hydrogen-bond acceptors (Lipinski definition) is 5. The van der Waals surface area contributed by atoms with Gasteiger partial charge in [-0.15, -0.1) is 11.6 Å². The fourth-order valence-electron chi connectivity index (χ4n) is 3.90. The maximum Gasteiger partial charge on any atom is 0.339 e. The molecule has 3 aromatic carbocycles. The van der Waals surface area contributed by atoms with Crippen molar-refractivity contribution in [3.63, 3.8) is 0 Å². The molecule has 0 fully saturated rings. The first-order valence-electron chi connectivity index (χ1n) is 10.5. The molecule has 0 radical (unpaired) electrons. The van der Waals surface area contributed by atoms with Crippen molar-refractivity contribution < 1.29 is 23.9 Å². The fourth-order valence-corrected chi connectivity index (χ4v) is 4.08. The minimum absolute atomic E-state index is 0.187. The number of ether oxygens (including phenoxy) is 2. The lowest BCUT2D eigenvalue weighted by Crippen LogP contribution is -2.08. The first kappa shape index (κ1) is 23.3. The van der Waals surface area contributed by atoms with Crippen LogP contribution < -0.4 is 0 Å². The zero-order valence-electron chi connectivity index (χ0n) is 18.7. The molecule has 6 nitrogen and oxygen atoms in total. The van der Waals surface area contributed by atoms with E-state index in [1.807, 2.05) is 36.4 Å². The monoisotopic (exact) mass is 475 g/mol. The van der Waals surface area contributed by atoms with Crippen LogP contribution >= 0.6 is 11.6 Å². The van der Waals surface area contributed by atoms with Crippen molar-refractivity contribution in [1.29, 1.82) is 0 Å². The Labute approximate surface area is 201 Å². The van der Waals surface area contributed by atoms with Gasteiger partial charge < -0.3 is 14.5 Å². The second kappa shape index (κ2) is 9.93. The highest BCUT2D eigenvalue weighted by atomic mass is 35.5. The smallest absolute Gasteiger partial charge is 0.339 e. The Morgan fingerprint density at radius 3 is 1.85 bits per heavy atom. The largest absolute Gasteiger partial charge is 0.465 e. The number of carbonyl (C=O) groups excluding carboxylic acids is 3. The fraction of sp³-hybridized carbons (Fsp3) is 0.148. The SMILES string of the molecule is COC(=O)c1ccc(C(=O)OC)c2c(C(=O)c3ccc(Cc4ccc(CCl)cc4)cc3)c[nH]c12. The highest BCUT2D eigenvalue weighted by molar-refractivity contribution is 6.22. The van der Waals surface area contributed by atoms with Crippen LogP contribution in [0.15, 0.2) is 66.9 Å². The Kier molecular flexibility index (Phi) is 6.80. The van der Waals surface area contributed by atoms with E-state index in [1.54, 1.807) is 12.1 Å². The number of H-pyrrole nitrogens is 1. The third-order valence-electron chi connectivity index (χ3n) is 5.69. The van der Waals surface area contributed by atoms with Gasteiger partial charge in [0.2, 0.25) is 0 Å². The van der Waals surface area contributed by atoms with Crippen LogP contribution in [0.25, 0.3) is 10.9 Å². The summed E-state index contributed by atoms with van der Waals surface area (Å²) in [5.41, 5.74) is 4.74. The molecule has 0 unspecified atom stereocenters. The van der Waals surface area contributed by atoms with Crippen LogP contribution in [-0.4, -0.2) is 36.9 Å². The van der Waals surface area contributed by atoms with Crippen molar-refractivity contribution in [3.8, 4) is 0 Å². The van der Waals surface area contributed by atoms with E-state index in [1.165, 1.54) is 32.5 Å². The van der Waals surface area contributed by atoms with E-state index in [0.29, 0.717) is 22.3 Å². The van der Waals surface area contributed by atoms with Gasteiger partial charge in [0.25, 0.3) is 0 Å². The van der Waals surface area contributed by atoms with E-state index < -0.39 is 11.9 Å². The minimum atomic E-state index is -0.606.